The molecule has 0 saturated carbocycles. The van der Waals surface area contributed by atoms with Gasteiger partial charge >= 0.3 is 0 Å². The van der Waals surface area contributed by atoms with Crippen LogP contribution in [-0.4, -0.2) is 70.7 Å². The number of hydrogen-bond acceptors (Lipinski definition) is 4. The van der Waals surface area contributed by atoms with Crippen LogP contribution in [0.25, 0.3) is 10.9 Å². The molecule has 3 N–H and O–H groups in total. The second-order valence-electron chi connectivity index (χ2n) is 10.4. The number of fused-ring (bicyclic) bond motifs is 3. The summed E-state index contributed by atoms with van der Waals surface area (Å²) in [4.78, 5) is 7.40. The number of benzene rings is 2. The number of likely N-dealkylation sites (tertiary alicyclic amines) is 1. The second-order valence-corrected chi connectivity index (χ2v) is 10.4. The van der Waals surface area contributed by atoms with Crippen molar-refractivity contribution in [3.63, 3.8) is 0 Å². The van der Waals surface area contributed by atoms with Crippen molar-refractivity contribution in [1.82, 2.24) is 14.8 Å². The first-order chi connectivity index (χ1) is 17.3. The quantitative estimate of drug-likeness (QED) is 0.380. The monoisotopic (exact) mass is 500 g/mol. The number of H-pyrrole nitrogens is 1. The van der Waals surface area contributed by atoms with Gasteiger partial charge in [-0.2, -0.15) is 0 Å². The average Bonchev–Trinajstić information content (AvgIpc) is 3.19. The van der Waals surface area contributed by atoms with E-state index < -0.39 is 30.9 Å². The van der Waals surface area contributed by atoms with Crippen LogP contribution in [0.15, 0.2) is 42.5 Å². The van der Waals surface area contributed by atoms with Crippen molar-refractivity contribution < 1.29 is 18.3 Å². The third kappa shape index (κ3) is 4.86. The second kappa shape index (κ2) is 10.1. The van der Waals surface area contributed by atoms with Gasteiger partial charge in [0.25, 0.3) is 5.92 Å². The normalized spacial score (nSPS) is 21.5. The maximum absolute atomic E-state index is 15.7. The fourth-order valence-corrected chi connectivity index (χ4v) is 5.71. The average molecular weight is 501 g/mol. The SMILES string of the molecule is CCCCN1CC(Nc2ccc([C@@H]3c4[nH]c5ccccc5c4C[C@@H](C)N3CC(F)(F)CO)c(F)c2)C1. The molecule has 0 amide bonds. The zero-order chi connectivity index (χ0) is 25.4. The molecule has 0 bridgehead atoms. The molecule has 0 radical (unpaired) electrons. The van der Waals surface area contributed by atoms with Crippen LogP contribution >= 0.6 is 0 Å². The van der Waals surface area contributed by atoms with Crippen molar-refractivity contribution in [1.29, 1.82) is 0 Å². The molecule has 8 heteroatoms. The number of aliphatic hydroxyl groups excluding tert-OH is 1. The topological polar surface area (TPSA) is 54.5 Å². The highest BCUT2D eigenvalue weighted by Crippen LogP contribution is 2.42. The summed E-state index contributed by atoms with van der Waals surface area (Å²) in [5, 5.41) is 13.7. The Morgan fingerprint density at radius 1 is 1.17 bits per heavy atom. The van der Waals surface area contributed by atoms with Crippen LogP contribution in [0.5, 0.6) is 0 Å². The van der Waals surface area contributed by atoms with E-state index in [0.717, 1.165) is 41.8 Å². The molecule has 1 saturated heterocycles. The molecule has 5 rings (SSSR count). The van der Waals surface area contributed by atoms with E-state index in [1.165, 1.54) is 18.9 Å². The lowest BCUT2D eigenvalue weighted by Gasteiger charge is -2.42. The largest absolute Gasteiger partial charge is 0.390 e. The lowest BCUT2D eigenvalue weighted by Crippen LogP contribution is -2.54. The van der Waals surface area contributed by atoms with Gasteiger partial charge in [0.2, 0.25) is 0 Å². The zero-order valence-electron chi connectivity index (χ0n) is 20.9. The van der Waals surface area contributed by atoms with Crippen molar-refractivity contribution in [2.75, 3.05) is 38.1 Å². The minimum Gasteiger partial charge on any atom is -0.390 e. The fraction of sp³-hybridized carbons (Fsp3) is 0.500. The van der Waals surface area contributed by atoms with E-state index in [1.807, 2.05) is 37.3 Å². The molecule has 0 aliphatic carbocycles. The molecule has 194 valence electrons. The molecule has 2 atom stereocenters. The van der Waals surface area contributed by atoms with Crippen LogP contribution < -0.4 is 5.32 Å². The smallest absolute Gasteiger partial charge is 0.283 e. The summed E-state index contributed by atoms with van der Waals surface area (Å²) in [5.74, 6) is -3.72. The predicted molar refractivity (Wildman–Crippen MR) is 137 cm³/mol. The fourth-order valence-electron chi connectivity index (χ4n) is 5.71. The van der Waals surface area contributed by atoms with Crippen molar-refractivity contribution in [3.05, 3.63) is 65.1 Å². The summed E-state index contributed by atoms with van der Waals surface area (Å²) >= 11 is 0. The molecule has 1 aromatic heterocycles. The number of nitrogens with zero attached hydrogens (tertiary/aromatic N) is 2. The first-order valence-corrected chi connectivity index (χ1v) is 12.9. The molecule has 0 spiro atoms. The lowest BCUT2D eigenvalue weighted by atomic mass is 9.88. The predicted octanol–water partition coefficient (Wildman–Crippen LogP) is 5.17. The number of aromatic amines is 1. The van der Waals surface area contributed by atoms with Crippen LogP contribution in [0.4, 0.5) is 18.9 Å². The summed E-state index contributed by atoms with van der Waals surface area (Å²) in [6.07, 6.45) is 2.91. The summed E-state index contributed by atoms with van der Waals surface area (Å²) in [5.41, 5.74) is 3.74. The summed E-state index contributed by atoms with van der Waals surface area (Å²) < 4.78 is 44.6. The Morgan fingerprint density at radius 2 is 1.94 bits per heavy atom. The number of aromatic nitrogens is 1. The third-order valence-electron chi connectivity index (χ3n) is 7.61. The Balaban J connectivity index is 1.46. The van der Waals surface area contributed by atoms with E-state index in [2.05, 4.69) is 22.1 Å². The number of aliphatic hydroxyl groups is 1. The highest BCUT2D eigenvalue weighted by molar-refractivity contribution is 5.85. The summed E-state index contributed by atoms with van der Waals surface area (Å²) in [6.45, 7) is 5.13. The minimum absolute atomic E-state index is 0.264. The molecule has 0 unspecified atom stereocenters. The van der Waals surface area contributed by atoms with Gasteiger partial charge in [-0.05, 0) is 50.1 Å². The maximum atomic E-state index is 15.7. The lowest BCUT2D eigenvalue weighted by molar-refractivity contribution is -0.0866. The van der Waals surface area contributed by atoms with E-state index in [-0.39, 0.29) is 12.1 Å². The van der Waals surface area contributed by atoms with Gasteiger partial charge in [-0.25, -0.2) is 13.2 Å². The minimum atomic E-state index is -3.29. The van der Waals surface area contributed by atoms with Gasteiger partial charge in [0.15, 0.2) is 0 Å². The highest BCUT2D eigenvalue weighted by atomic mass is 19.3. The molecule has 1 fully saturated rings. The molecule has 2 aliphatic heterocycles. The van der Waals surface area contributed by atoms with Gasteiger partial charge in [-0.15, -0.1) is 0 Å². The van der Waals surface area contributed by atoms with Crippen LogP contribution in [0.3, 0.4) is 0 Å². The number of rotatable bonds is 9. The Labute approximate surface area is 210 Å². The van der Waals surface area contributed by atoms with E-state index in [1.54, 1.807) is 11.0 Å². The molecule has 36 heavy (non-hydrogen) atoms. The van der Waals surface area contributed by atoms with Gasteiger partial charge < -0.3 is 15.4 Å². The number of unbranched alkanes of at least 4 members (excludes halogenated alkanes) is 1. The van der Waals surface area contributed by atoms with Gasteiger partial charge in [0.05, 0.1) is 18.6 Å². The first kappa shape index (κ1) is 25.1. The number of anilines is 1. The Kier molecular flexibility index (Phi) is 7.03. The number of hydrogen-bond donors (Lipinski definition) is 3. The van der Waals surface area contributed by atoms with Gasteiger partial charge in [-0.3, -0.25) is 9.80 Å². The van der Waals surface area contributed by atoms with Crippen molar-refractivity contribution in [2.24, 2.45) is 0 Å². The first-order valence-electron chi connectivity index (χ1n) is 12.9. The van der Waals surface area contributed by atoms with Gasteiger partial charge in [-0.1, -0.05) is 37.6 Å². The van der Waals surface area contributed by atoms with E-state index in [9.17, 15) is 13.9 Å². The molecule has 5 nitrogen and oxygen atoms in total. The Hall–Kier alpha value is -2.55. The van der Waals surface area contributed by atoms with Gasteiger partial charge in [0.1, 0.15) is 12.4 Å². The number of para-hydroxylation sites is 1. The van der Waals surface area contributed by atoms with E-state index >= 15 is 4.39 Å². The van der Waals surface area contributed by atoms with Crippen molar-refractivity contribution in [2.45, 2.75) is 57.2 Å². The van der Waals surface area contributed by atoms with Crippen LogP contribution in [0.1, 0.15) is 49.6 Å². The molecule has 3 aromatic rings. The highest BCUT2D eigenvalue weighted by Gasteiger charge is 2.42. The zero-order valence-corrected chi connectivity index (χ0v) is 20.9. The number of alkyl halides is 2. The Bertz CT molecular complexity index is 1210. The van der Waals surface area contributed by atoms with Crippen LogP contribution in [-0.2, 0) is 6.42 Å². The number of nitrogens with one attached hydrogen (secondary N) is 2. The van der Waals surface area contributed by atoms with Crippen molar-refractivity contribution >= 4 is 16.6 Å². The third-order valence-corrected chi connectivity index (χ3v) is 7.61. The molecule has 3 heterocycles. The van der Waals surface area contributed by atoms with Crippen LogP contribution in [0, 0.1) is 5.82 Å². The molecule has 2 aromatic carbocycles. The van der Waals surface area contributed by atoms with Crippen molar-refractivity contribution in [3.8, 4) is 0 Å². The standard InChI is InChI=1S/C28H35F3N4O/c1-3-4-11-34-14-20(15-34)32-19-9-10-22(24(29)13-19)27-26-23(21-7-5-6-8-25(21)33-26)12-18(2)35(27)16-28(30,31)17-36/h5-10,13,18,20,27,32-33,36H,3-4,11-12,14-17H2,1-2H3/t18-,27-/m1/s1. The summed E-state index contributed by atoms with van der Waals surface area (Å²) in [7, 11) is 0. The maximum Gasteiger partial charge on any atom is 0.283 e. The van der Waals surface area contributed by atoms with Crippen LogP contribution in [0.2, 0.25) is 0 Å². The molecular weight excluding hydrogens is 465 g/mol. The van der Waals surface area contributed by atoms with E-state index in [4.69, 9.17) is 0 Å². The van der Waals surface area contributed by atoms with E-state index in [0.29, 0.717) is 17.7 Å². The Morgan fingerprint density at radius 3 is 2.67 bits per heavy atom. The number of halogens is 3. The van der Waals surface area contributed by atoms with Gasteiger partial charge in [0, 0.05) is 47.0 Å². The summed E-state index contributed by atoms with van der Waals surface area (Å²) in [6, 6.07) is 12.2. The molecular formula is C28H35F3N4O. The molecule has 2 aliphatic rings.